The molecule has 1 amide bonds. The van der Waals surface area contributed by atoms with Crippen molar-refractivity contribution in [1.29, 1.82) is 0 Å². The Bertz CT molecular complexity index is 273. The van der Waals surface area contributed by atoms with Crippen LogP contribution in [0.2, 0.25) is 0 Å². The molecule has 0 radical (unpaired) electrons. The van der Waals surface area contributed by atoms with Crippen LogP contribution in [0.15, 0.2) is 0 Å². The third kappa shape index (κ3) is 4.16. The summed E-state index contributed by atoms with van der Waals surface area (Å²) in [6, 6.07) is 0.361. The predicted molar refractivity (Wildman–Crippen MR) is 71.4 cm³/mol. The highest BCUT2D eigenvalue weighted by Gasteiger charge is 2.35. The normalized spacial score (nSPS) is 29.2. The highest BCUT2D eigenvalue weighted by Crippen LogP contribution is 2.30. The Kier molecular flexibility index (Phi) is 5.02. The number of carbonyl (C=O) groups excluding carboxylic acids is 1. The highest BCUT2D eigenvalue weighted by molar-refractivity contribution is 5.69. The summed E-state index contributed by atoms with van der Waals surface area (Å²) in [5, 5.41) is 9.01. The van der Waals surface area contributed by atoms with Gasteiger partial charge in [-0.3, -0.25) is 0 Å². The van der Waals surface area contributed by atoms with Crippen LogP contribution in [-0.4, -0.2) is 40.4 Å². The van der Waals surface area contributed by atoms with Gasteiger partial charge in [-0.25, -0.2) is 4.79 Å². The molecule has 0 aromatic rings. The molecule has 0 saturated carbocycles. The number of amides is 1. The van der Waals surface area contributed by atoms with E-state index in [0.717, 1.165) is 19.3 Å². The molecule has 2 atom stereocenters. The smallest absolute Gasteiger partial charge is 0.410 e. The van der Waals surface area contributed by atoms with Crippen LogP contribution in [0.1, 0.15) is 53.9 Å². The molecule has 1 aliphatic heterocycles. The Labute approximate surface area is 110 Å². The molecule has 0 aromatic heterocycles. The van der Waals surface area contributed by atoms with Crippen molar-refractivity contribution in [3.63, 3.8) is 0 Å². The van der Waals surface area contributed by atoms with Gasteiger partial charge in [0.2, 0.25) is 0 Å². The van der Waals surface area contributed by atoms with E-state index in [9.17, 15) is 4.79 Å². The van der Waals surface area contributed by atoms with Gasteiger partial charge < -0.3 is 14.7 Å². The molecular formula is C14H27NO3. The number of aliphatic hydroxyl groups excluding tert-OH is 1. The predicted octanol–water partition coefficient (Wildman–Crippen LogP) is 2.79. The first-order valence-electron chi connectivity index (χ1n) is 6.86. The van der Waals surface area contributed by atoms with Crippen LogP contribution in [0.3, 0.4) is 0 Å². The second-order valence-electron chi connectivity index (χ2n) is 6.44. The van der Waals surface area contributed by atoms with Crippen LogP contribution >= 0.6 is 0 Å². The third-order valence-electron chi connectivity index (χ3n) is 3.44. The van der Waals surface area contributed by atoms with Gasteiger partial charge in [0, 0.05) is 18.7 Å². The summed E-state index contributed by atoms with van der Waals surface area (Å²) in [5.41, 5.74) is -0.446. The Morgan fingerprint density at radius 2 is 1.78 bits per heavy atom. The number of rotatable bonds is 2. The lowest BCUT2D eigenvalue weighted by Gasteiger charge is -2.42. The van der Waals surface area contributed by atoms with Crippen molar-refractivity contribution in [2.45, 2.75) is 71.6 Å². The zero-order valence-corrected chi connectivity index (χ0v) is 12.3. The molecule has 4 heteroatoms. The van der Waals surface area contributed by atoms with Gasteiger partial charge >= 0.3 is 6.09 Å². The van der Waals surface area contributed by atoms with E-state index in [-0.39, 0.29) is 24.8 Å². The monoisotopic (exact) mass is 257 g/mol. The quantitative estimate of drug-likeness (QED) is 0.827. The topological polar surface area (TPSA) is 49.8 Å². The number of carbonyl (C=O) groups is 1. The summed E-state index contributed by atoms with van der Waals surface area (Å²) in [5.74, 6) is 0.513. The van der Waals surface area contributed by atoms with Crippen LogP contribution in [0.5, 0.6) is 0 Å². The number of hydrogen-bond acceptors (Lipinski definition) is 3. The summed E-state index contributed by atoms with van der Waals surface area (Å²) in [7, 11) is 0. The van der Waals surface area contributed by atoms with E-state index < -0.39 is 5.60 Å². The van der Waals surface area contributed by atoms with Crippen LogP contribution in [-0.2, 0) is 4.74 Å². The SMILES string of the molecule is CC1CC(CCO)CC(C)N1C(=O)OC(C)(C)C. The molecule has 1 aliphatic rings. The maximum absolute atomic E-state index is 12.2. The summed E-state index contributed by atoms with van der Waals surface area (Å²) < 4.78 is 5.45. The van der Waals surface area contributed by atoms with Crippen LogP contribution in [0.4, 0.5) is 4.79 Å². The van der Waals surface area contributed by atoms with E-state index in [4.69, 9.17) is 9.84 Å². The van der Waals surface area contributed by atoms with Crippen LogP contribution in [0.25, 0.3) is 0 Å². The first-order chi connectivity index (χ1) is 8.24. The van der Waals surface area contributed by atoms with E-state index >= 15 is 0 Å². The molecule has 1 rings (SSSR count). The summed E-state index contributed by atoms with van der Waals surface area (Å²) in [6.07, 6.45) is 2.51. The van der Waals surface area contributed by atoms with Crippen molar-refractivity contribution >= 4 is 6.09 Å². The van der Waals surface area contributed by atoms with Gasteiger partial charge in [0.25, 0.3) is 0 Å². The van der Waals surface area contributed by atoms with E-state index in [2.05, 4.69) is 13.8 Å². The lowest BCUT2D eigenvalue weighted by atomic mass is 9.85. The molecule has 2 unspecified atom stereocenters. The van der Waals surface area contributed by atoms with E-state index in [1.807, 2.05) is 25.7 Å². The molecule has 18 heavy (non-hydrogen) atoms. The summed E-state index contributed by atoms with van der Waals surface area (Å²) in [4.78, 5) is 14.0. The van der Waals surface area contributed by atoms with Crippen molar-refractivity contribution < 1.29 is 14.6 Å². The zero-order valence-electron chi connectivity index (χ0n) is 12.3. The molecule has 0 bridgehead atoms. The minimum Gasteiger partial charge on any atom is -0.444 e. The van der Waals surface area contributed by atoms with Gasteiger partial charge in [0.05, 0.1) is 0 Å². The lowest BCUT2D eigenvalue weighted by Crippen LogP contribution is -2.51. The number of hydrogen-bond donors (Lipinski definition) is 1. The highest BCUT2D eigenvalue weighted by atomic mass is 16.6. The van der Waals surface area contributed by atoms with Gasteiger partial charge in [-0.1, -0.05) is 0 Å². The van der Waals surface area contributed by atoms with Crippen LogP contribution in [0, 0.1) is 5.92 Å². The third-order valence-corrected chi connectivity index (χ3v) is 3.44. The molecule has 1 N–H and O–H groups in total. The molecule has 1 fully saturated rings. The molecule has 0 spiro atoms. The Balaban J connectivity index is 2.64. The van der Waals surface area contributed by atoms with E-state index in [0.29, 0.717) is 5.92 Å². The van der Waals surface area contributed by atoms with Crippen LogP contribution < -0.4 is 0 Å². The zero-order chi connectivity index (χ0) is 13.9. The van der Waals surface area contributed by atoms with Gasteiger partial charge in [0.15, 0.2) is 0 Å². The summed E-state index contributed by atoms with van der Waals surface area (Å²) in [6.45, 7) is 10.0. The lowest BCUT2D eigenvalue weighted by molar-refractivity contribution is -0.00876. The van der Waals surface area contributed by atoms with Gasteiger partial charge in [-0.15, -0.1) is 0 Å². The molecule has 1 saturated heterocycles. The molecular weight excluding hydrogens is 230 g/mol. The number of ether oxygens (including phenoxy) is 1. The Hall–Kier alpha value is -0.770. The second-order valence-corrected chi connectivity index (χ2v) is 6.44. The minimum atomic E-state index is -0.446. The van der Waals surface area contributed by atoms with Crippen molar-refractivity contribution in [2.75, 3.05) is 6.61 Å². The second kappa shape index (κ2) is 5.91. The number of aliphatic hydroxyl groups is 1. The average molecular weight is 257 g/mol. The molecule has 1 heterocycles. The van der Waals surface area contributed by atoms with E-state index in [1.54, 1.807) is 0 Å². The number of nitrogens with zero attached hydrogens (tertiary/aromatic N) is 1. The molecule has 106 valence electrons. The standard InChI is InChI=1S/C14H27NO3/c1-10-8-12(6-7-16)9-11(2)15(10)13(17)18-14(3,4)5/h10-12,16H,6-9H2,1-5H3. The fourth-order valence-corrected chi connectivity index (χ4v) is 2.82. The summed E-state index contributed by atoms with van der Waals surface area (Å²) >= 11 is 0. The first kappa shape index (κ1) is 15.3. The number of piperidine rings is 1. The Morgan fingerprint density at radius 1 is 1.28 bits per heavy atom. The largest absolute Gasteiger partial charge is 0.444 e. The van der Waals surface area contributed by atoms with Crippen molar-refractivity contribution in [3.05, 3.63) is 0 Å². The van der Waals surface area contributed by atoms with Gasteiger partial charge in [-0.05, 0) is 59.8 Å². The maximum atomic E-state index is 12.2. The Morgan fingerprint density at radius 3 is 2.17 bits per heavy atom. The van der Waals surface area contributed by atoms with Crippen molar-refractivity contribution in [1.82, 2.24) is 4.90 Å². The first-order valence-corrected chi connectivity index (χ1v) is 6.86. The number of likely N-dealkylation sites (tertiary alicyclic amines) is 1. The van der Waals surface area contributed by atoms with Gasteiger partial charge in [-0.2, -0.15) is 0 Å². The van der Waals surface area contributed by atoms with Gasteiger partial charge in [0.1, 0.15) is 5.60 Å². The fraction of sp³-hybridized carbons (Fsp3) is 0.929. The fourth-order valence-electron chi connectivity index (χ4n) is 2.82. The maximum Gasteiger partial charge on any atom is 0.410 e. The average Bonchev–Trinajstić information content (AvgIpc) is 2.13. The van der Waals surface area contributed by atoms with Crippen molar-refractivity contribution in [2.24, 2.45) is 5.92 Å². The minimum absolute atomic E-state index is 0.181. The molecule has 0 aromatic carbocycles. The molecule has 4 nitrogen and oxygen atoms in total. The van der Waals surface area contributed by atoms with Crippen molar-refractivity contribution in [3.8, 4) is 0 Å². The molecule has 0 aliphatic carbocycles. The van der Waals surface area contributed by atoms with E-state index in [1.165, 1.54) is 0 Å².